The maximum atomic E-state index is 11.7. The van der Waals surface area contributed by atoms with Crippen molar-refractivity contribution in [1.29, 1.82) is 5.26 Å². The van der Waals surface area contributed by atoms with Crippen LogP contribution in [0.5, 0.6) is 5.75 Å². The van der Waals surface area contributed by atoms with Gasteiger partial charge in [-0.15, -0.1) is 11.3 Å². The van der Waals surface area contributed by atoms with E-state index in [0.717, 1.165) is 6.42 Å². The molecule has 1 N–H and O–H groups in total. The molecule has 4 nitrogen and oxygen atoms in total. The molecule has 86 valence electrons. The molecule has 16 heavy (non-hydrogen) atoms. The number of rotatable bonds is 5. The van der Waals surface area contributed by atoms with Gasteiger partial charge in [0.2, 0.25) is 0 Å². The molecule has 0 radical (unpaired) electrons. The number of hydrogen-bond acceptors (Lipinski definition) is 4. The lowest BCUT2D eigenvalue weighted by atomic mass is 10.2. The maximum Gasteiger partial charge on any atom is 0.262 e. The lowest BCUT2D eigenvalue weighted by molar-refractivity contribution is 0.0948. The minimum absolute atomic E-state index is 0.215. The van der Waals surface area contributed by atoms with E-state index in [1.165, 1.54) is 11.3 Å². The molecule has 1 rings (SSSR count). The third-order valence-corrected chi connectivity index (χ3v) is 2.98. The first-order valence-corrected chi connectivity index (χ1v) is 5.92. The molecular weight excluding hydrogens is 224 g/mol. The number of thiophene rings is 1. The number of amides is 1. The summed E-state index contributed by atoms with van der Waals surface area (Å²) < 4.78 is 4.99. The number of carbonyl (C=O) groups excluding carboxylic acids is 1. The third kappa shape index (κ3) is 3.24. The predicted octanol–water partition coefficient (Wildman–Crippen LogP) is 2.18. The highest BCUT2D eigenvalue weighted by Gasteiger charge is 2.14. The molecule has 0 aliphatic rings. The van der Waals surface area contributed by atoms with Gasteiger partial charge in [-0.1, -0.05) is 13.3 Å². The van der Waals surface area contributed by atoms with Crippen LogP contribution in [0.4, 0.5) is 0 Å². The van der Waals surface area contributed by atoms with Crippen LogP contribution in [0.2, 0.25) is 0 Å². The van der Waals surface area contributed by atoms with E-state index in [9.17, 15) is 4.79 Å². The van der Waals surface area contributed by atoms with E-state index < -0.39 is 6.04 Å². The Morgan fingerprint density at radius 3 is 3.00 bits per heavy atom. The van der Waals surface area contributed by atoms with Crippen molar-refractivity contribution in [3.63, 3.8) is 0 Å². The van der Waals surface area contributed by atoms with Gasteiger partial charge in [0.05, 0.1) is 18.1 Å². The number of nitrogens with one attached hydrogen (secondary N) is 1. The van der Waals surface area contributed by atoms with Crippen molar-refractivity contribution >= 4 is 17.2 Å². The summed E-state index contributed by atoms with van der Waals surface area (Å²) in [5, 5.41) is 13.3. The summed E-state index contributed by atoms with van der Waals surface area (Å²) in [7, 11) is 1.55. The Morgan fingerprint density at radius 2 is 2.50 bits per heavy atom. The molecule has 0 aliphatic carbocycles. The van der Waals surface area contributed by atoms with E-state index in [1.54, 1.807) is 18.6 Å². The van der Waals surface area contributed by atoms with E-state index in [2.05, 4.69) is 11.4 Å². The zero-order chi connectivity index (χ0) is 12.0. The van der Waals surface area contributed by atoms with Gasteiger partial charge >= 0.3 is 0 Å². The SMILES string of the molecule is CCCC(C#N)NC(=O)c1cc(OC)cs1. The molecule has 1 unspecified atom stereocenters. The summed E-state index contributed by atoms with van der Waals surface area (Å²) in [4.78, 5) is 12.3. The molecule has 1 aromatic heterocycles. The first-order chi connectivity index (χ1) is 7.71. The van der Waals surface area contributed by atoms with Gasteiger partial charge in [0, 0.05) is 11.4 Å². The summed E-state index contributed by atoms with van der Waals surface area (Å²) in [6.45, 7) is 1.98. The van der Waals surface area contributed by atoms with Gasteiger partial charge in [0.1, 0.15) is 11.8 Å². The molecule has 5 heteroatoms. The number of ether oxygens (including phenoxy) is 1. The number of nitriles is 1. The Bertz CT molecular complexity index is 395. The van der Waals surface area contributed by atoms with Crippen molar-refractivity contribution in [1.82, 2.24) is 5.32 Å². The van der Waals surface area contributed by atoms with Crippen LogP contribution in [0.1, 0.15) is 29.4 Å². The highest BCUT2D eigenvalue weighted by molar-refractivity contribution is 7.12. The average Bonchev–Trinajstić information content (AvgIpc) is 2.76. The maximum absolute atomic E-state index is 11.7. The Labute approximate surface area is 98.8 Å². The first kappa shape index (κ1) is 12.5. The lowest BCUT2D eigenvalue weighted by Gasteiger charge is -2.08. The van der Waals surface area contributed by atoms with Gasteiger partial charge in [-0.25, -0.2) is 0 Å². The molecule has 1 atom stereocenters. The van der Waals surface area contributed by atoms with E-state index in [1.807, 2.05) is 6.92 Å². The van der Waals surface area contributed by atoms with E-state index in [0.29, 0.717) is 17.0 Å². The highest BCUT2D eigenvalue weighted by Crippen LogP contribution is 2.20. The number of methoxy groups -OCH3 is 1. The summed E-state index contributed by atoms with van der Waals surface area (Å²) in [6.07, 6.45) is 1.54. The van der Waals surface area contributed by atoms with Crippen LogP contribution in [0.3, 0.4) is 0 Å². The van der Waals surface area contributed by atoms with Crippen LogP contribution >= 0.6 is 11.3 Å². The fourth-order valence-electron chi connectivity index (χ4n) is 1.23. The number of nitrogens with zero attached hydrogens (tertiary/aromatic N) is 1. The normalized spacial score (nSPS) is 11.6. The summed E-state index contributed by atoms with van der Waals surface area (Å²) in [5.41, 5.74) is 0. The Kier molecular flexibility index (Phi) is 4.80. The van der Waals surface area contributed by atoms with Gasteiger partial charge in [-0.05, 0) is 6.42 Å². The van der Waals surface area contributed by atoms with Crippen molar-refractivity contribution in [2.24, 2.45) is 0 Å². The minimum Gasteiger partial charge on any atom is -0.496 e. The summed E-state index contributed by atoms with van der Waals surface area (Å²) in [5.74, 6) is 0.451. The standard InChI is InChI=1S/C11H14N2O2S/c1-3-4-8(6-12)13-11(14)10-5-9(15-2)7-16-10/h5,7-8H,3-4H2,1-2H3,(H,13,14). The Balaban J connectivity index is 2.61. The molecule has 1 amide bonds. The van der Waals surface area contributed by atoms with Gasteiger partial charge in [-0.2, -0.15) is 5.26 Å². The molecule has 0 bridgehead atoms. The Hall–Kier alpha value is -1.54. The topological polar surface area (TPSA) is 62.1 Å². The molecule has 1 heterocycles. The largest absolute Gasteiger partial charge is 0.496 e. The van der Waals surface area contributed by atoms with Crippen LogP contribution in [-0.2, 0) is 0 Å². The van der Waals surface area contributed by atoms with Gasteiger partial charge in [0.25, 0.3) is 5.91 Å². The number of carbonyl (C=O) groups is 1. The average molecular weight is 238 g/mol. The second kappa shape index (κ2) is 6.13. The van der Waals surface area contributed by atoms with Gasteiger partial charge in [0.15, 0.2) is 0 Å². The fraction of sp³-hybridized carbons (Fsp3) is 0.455. The molecular formula is C11H14N2O2S. The summed E-state index contributed by atoms with van der Waals surface area (Å²) in [6, 6.07) is 3.32. The second-order valence-corrected chi connectivity index (χ2v) is 4.21. The van der Waals surface area contributed by atoms with E-state index in [-0.39, 0.29) is 5.91 Å². The second-order valence-electron chi connectivity index (χ2n) is 3.29. The van der Waals surface area contributed by atoms with Gasteiger partial charge < -0.3 is 10.1 Å². The monoisotopic (exact) mass is 238 g/mol. The zero-order valence-electron chi connectivity index (χ0n) is 9.32. The van der Waals surface area contributed by atoms with Crippen LogP contribution in [0.25, 0.3) is 0 Å². The van der Waals surface area contributed by atoms with Crippen molar-refractivity contribution in [2.75, 3.05) is 7.11 Å². The first-order valence-electron chi connectivity index (χ1n) is 5.04. The number of hydrogen-bond donors (Lipinski definition) is 1. The lowest BCUT2D eigenvalue weighted by Crippen LogP contribution is -2.33. The van der Waals surface area contributed by atoms with Crippen molar-refractivity contribution in [3.8, 4) is 11.8 Å². The third-order valence-electron chi connectivity index (χ3n) is 2.07. The molecule has 1 aromatic rings. The zero-order valence-corrected chi connectivity index (χ0v) is 10.1. The van der Waals surface area contributed by atoms with Crippen LogP contribution < -0.4 is 10.1 Å². The van der Waals surface area contributed by atoms with Crippen molar-refractivity contribution < 1.29 is 9.53 Å². The van der Waals surface area contributed by atoms with Crippen molar-refractivity contribution in [3.05, 3.63) is 16.3 Å². The molecule has 0 saturated carbocycles. The molecule has 0 aromatic carbocycles. The predicted molar refractivity (Wildman–Crippen MR) is 62.6 cm³/mol. The van der Waals surface area contributed by atoms with Crippen molar-refractivity contribution in [2.45, 2.75) is 25.8 Å². The van der Waals surface area contributed by atoms with E-state index in [4.69, 9.17) is 10.00 Å². The van der Waals surface area contributed by atoms with Crippen LogP contribution in [-0.4, -0.2) is 19.1 Å². The van der Waals surface area contributed by atoms with Crippen LogP contribution in [0, 0.1) is 11.3 Å². The molecule has 0 spiro atoms. The highest BCUT2D eigenvalue weighted by atomic mass is 32.1. The molecule has 0 aliphatic heterocycles. The Morgan fingerprint density at radius 1 is 1.75 bits per heavy atom. The summed E-state index contributed by atoms with van der Waals surface area (Å²) >= 11 is 1.31. The molecule has 0 fully saturated rings. The smallest absolute Gasteiger partial charge is 0.262 e. The minimum atomic E-state index is -0.411. The van der Waals surface area contributed by atoms with Crippen LogP contribution in [0.15, 0.2) is 11.4 Å². The van der Waals surface area contributed by atoms with Gasteiger partial charge in [-0.3, -0.25) is 4.79 Å². The molecule has 0 saturated heterocycles. The quantitative estimate of drug-likeness (QED) is 0.855. The van der Waals surface area contributed by atoms with E-state index >= 15 is 0 Å². The fourth-order valence-corrected chi connectivity index (χ4v) is 1.99.